The Kier molecular flexibility index (Phi) is 4.20. The molecule has 1 aliphatic rings. The van der Waals surface area contributed by atoms with Gasteiger partial charge in [-0.3, -0.25) is 4.79 Å². The first-order valence-electron chi connectivity index (χ1n) is 7.42. The van der Waals surface area contributed by atoms with Gasteiger partial charge < -0.3 is 9.47 Å². The van der Waals surface area contributed by atoms with Crippen molar-refractivity contribution in [3.8, 4) is 0 Å². The summed E-state index contributed by atoms with van der Waals surface area (Å²) < 4.78 is 2.17. The van der Waals surface area contributed by atoms with Crippen molar-refractivity contribution in [2.45, 2.75) is 36.2 Å². The third-order valence-electron chi connectivity index (χ3n) is 3.74. The third-order valence-corrected chi connectivity index (χ3v) is 4.94. The van der Waals surface area contributed by atoms with E-state index in [4.69, 9.17) is 0 Å². The van der Waals surface area contributed by atoms with Gasteiger partial charge in [-0.2, -0.15) is 0 Å². The zero-order chi connectivity index (χ0) is 15.7. The maximum atomic E-state index is 12.6. The van der Waals surface area contributed by atoms with Crippen molar-refractivity contribution < 1.29 is 4.79 Å². The number of nitrogens with zero attached hydrogens (tertiary/aromatic N) is 4. The van der Waals surface area contributed by atoms with E-state index in [-0.39, 0.29) is 11.2 Å². The lowest BCUT2D eigenvalue weighted by atomic mass is 10.1. The second-order valence-electron chi connectivity index (χ2n) is 5.77. The van der Waals surface area contributed by atoms with Crippen LogP contribution in [0.3, 0.4) is 0 Å². The first kappa shape index (κ1) is 15.1. The van der Waals surface area contributed by atoms with Crippen LogP contribution >= 0.6 is 11.8 Å². The molecule has 1 atom stereocenters. The highest BCUT2D eigenvalue weighted by Gasteiger charge is 2.31. The molecule has 1 amide bonds. The van der Waals surface area contributed by atoms with Gasteiger partial charge in [-0.15, -0.1) is 10.2 Å². The number of benzene rings is 1. The van der Waals surface area contributed by atoms with Gasteiger partial charge in [0.25, 0.3) is 0 Å². The highest BCUT2D eigenvalue weighted by atomic mass is 32.2. The number of rotatable bonds is 5. The molecule has 0 radical (unpaired) electrons. The minimum Gasteiger partial charge on any atom is -0.348 e. The predicted molar refractivity (Wildman–Crippen MR) is 86.8 cm³/mol. The van der Waals surface area contributed by atoms with Crippen LogP contribution in [0.4, 0.5) is 0 Å². The van der Waals surface area contributed by atoms with Crippen LogP contribution in [0.1, 0.15) is 35.5 Å². The normalized spacial score (nSPS) is 15.6. The summed E-state index contributed by atoms with van der Waals surface area (Å²) in [7, 11) is 3.57. The Bertz CT molecular complexity index is 664. The lowest BCUT2D eigenvalue weighted by Gasteiger charge is -2.20. The molecule has 1 fully saturated rings. The van der Waals surface area contributed by atoms with Crippen LogP contribution in [0, 0.1) is 6.92 Å². The Morgan fingerprint density at radius 1 is 1.27 bits per heavy atom. The number of likely N-dealkylation sites (N-methyl/N-ethyl adjacent to an activating group) is 1. The summed E-state index contributed by atoms with van der Waals surface area (Å²) >= 11 is 1.49. The average Bonchev–Trinajstić information content (AvgIpc) is 3.28. The number of carbonyl (C=O) groups is 1. The van der Waals surface area contributed by atoms with Crippen LogP contribution in [-0.4, -0.2) is 39.7 Å². The Balaban J connectivity index is 1.92. The molecule has 22 heavy (non-hydrogen) atoms. The van der Waals surface area contributed by atoms with E-state index in [0.29, 0.717) is 6.04 Å². The first-order chi connectivity index (χ1) is 10.6. The van der Waals surface area contributed by atoms with Crippen molar-refractivity contribution in [2.24, 2.45) is 0 Å². The maximum Gasteiger partial charge on any atom is 0.240 e. The van der Waals surface area contributed by atoms with Gasteiger partial charge in [0.15, 0.2) is 5.16 Å². The van der Waals surface area contributed by atoms with Gasteiger partial charge in [0, 0.05) is 20.1 Å². The molecule has 1 aliphatic carbocycles. The van der Waals surface area contributed by atoms with Crippen LogP contribution in [0.25, 0.3) is 0 Å². The Hall–Kier alpha value is -1.82. The topological polar surface area (TPSA) is 51.0 Å². The van der Waals surface area contributed by atoms with Crippen LogP contribution in [0.2, 0.25) is 0 Å². The molecule has 0 saturated heterocycles. The van der Waals surface area contributed by atoms with Gasteiger partial charge in [0.05, 0.1) is 0 Å². The minimum atomic E-state index is -0.294. The quantitative estimate of drug-likeness (QED) is 0.796. The Morgan fingerprint density at radius 2 is 1.95 bits per heavy atom. The summed E-state index contributed by atoms with van der Waals surface area (Å²) in [5.74, 6) is 0.994. The lowest BCUT2D eigenvalue weighted by molar-refractivity contribution is -0.128. The molecule has 2 aromatic rings. The molecule has 1 saturated carbocycles. The van der Waals surface area contributed by atoms with Gasteiger partial charge in [-0.1, -0.05) is 42.1 Å². The number of hydrogen-bond donors (Lipinski definition) is 0. The maximum absolute atomic E-state index is 12.6. The van der Waals surface area contributed by atoms with Gasteiger partial charge in [-0.05, 0) is 25.3 Å². The fourth-order valence-electron chi connectivity index (χ4n) is 2.41. The summed E-state index contributed by atoms with van der Waals surface area (Å²) in [6.45, 7) is 1.97. The van der Waals surface area contributed by atoms with Crippen molar-refractivity contribution >= 4 is 17.7 Å². The van der Waals surface area contributed by atoms with E-state index in [1.807, 2.05) is 37.3 Å². The predicted octanol–water partition coefficient (Wildman–Crippen LogP) is 2.84. The van der Waals surface area contributed by atoms with Gasteiger partial charge in [0.1, 0.15) is 11.1 Å². The number of aryl methyl sites for hydroxylation is 1. The minimum absolute atomic E-state index is 0.0687. The molecule has 5 nitrogen and oxygen atoms in total. The zero-order valence-electron chi connectivity index (χ0n) is 13.1. The molecule has 1 aromatic heterocycles. The highest BCUT2D eigenvalue weighted by molar-refractivity contribution is 8.00. The molecular weight excluding hydrogens is 296 g/mol. The van der Waals surface area contributed by atoms with Crippen molar-refractivity contribution in [1.82, 2.24) is 19.7 Å². The van der Waals surface area contributed by atoms with E-state index >= 15 is 0 Å². The zero-order valence-corrected chi connectivity index (χ0v) is 13.9. The van der Waals surface area contributed by atoms with Gasteiger partial charge in [-0.25, -0.2) is 0 Å². The molecule has 0 N–H and O–H groups in total. The number of aromatic nitrogens is 3. The van der Waals surface area contributed by atoms with Crippen molar-refractivity contribution in [1.29, 1.82) is 0 Å². The lowest BCUT2D eigenvalue weighted by Crippen LogP contribution is -2.27. The second-order valence-corrected chi connectivity index (χ2v) is 6.84. The van der Waals surface area contributed by atoms with Crippen molar-refractivity contribution in [3.05, 3.63) is 41.7 Å². The van der Waals surface area contributed by atoms with E-state index < -0.39 is 0 Å². The Morgan fingerprint density at radius 3 is 2.55 bits per heavy atom. The van der Waals surface area contributed by atoms with E-state index in [1.165, 1.54) is 24.6 Å². The van der Waals surface area contributed by atoms with Crippen molar-refractivity contribution in [2.75, 3.05) is 14.1 Å². The average molecular weight is 316 g/mol. The summed E-state index contributed by atoms with van der Waals surface area (Å²) in [6, 6.07) is 10.4. The fraction of sp³-hybridized carbons (Fsp3) is 0.438. The molecule has 1 heterocycles. The third kappa shape index (κ3) is 3.02. The molecule has 0 aliphatic heterocycles. The highest BCUT2D eigenvalue weighted by Crippen LogP contribution is 2.42. The molecule has 116 valence electrons. The van der Waals surface area contributed by atoms with Crippen molar-refractivity contribution in [3.63, 3.8) is 0 Å². The van der Waals surface area contributed by atoms with Crippen LogP contribution < -0.4 is 0 Å². The molecule has 3 rings (SSSR count). The van der Waals surface area contributed by atoms with E-state index in [2.05, 4.69) is 14.8 Å². The summed E-state index contributed by atoms with van der Waals surface area (Å²) in [6.07, 6.45) is 2.34. The number of hydrogen-bond acceptors (Lipinski definition) is 4. The molecule has 0 bridgehead atoms. The van der Waals surface area contributed by atoms with Crippen LogP contribution in [0.5, 0.6) is 0 Å². The number of carbonyl (C=O) groups excluding carboxylic acids is 1. The largest absolute Gasteiger partial charge is 0.348 e. The molecule has 6 heteroatoms. The standard InChI is InChI=1S/C16H20N4OS/c1-11-17-18-16(20(11)13-9-10-13)22-14(15(21)19(2)3)12-7-5-4-6-8-12/h4-8,13-14H,9-10H2,1-3H3. The first-order valence-corrected chi connectivity index (χ1v) is 8.30. The van der Waals surface area contributed by atoms with E-state index in [1.54, 1.807) is 19.0 Å². The van der Waals surface area contributed by atoms with Crippen LogP contribution in [-0.2, 0) is 4.79 Å². The SMILES string of the molecule is Cc1nnc(SC(C(=O)N(C)C)c2ccccc2)n1C1CC1. The summed E-state index contributed by atoms with van der Waals surface area (Å²) in [4.78, 5) is 14.2. The summed E-state index contributed by atoms with van der Waals surface area (Å²) in [5, 5.41) is 9.03. The monoisotopic (exact) mass is 316 g/mol. The van der Waals surface area contributed by atoms with Gasteiger partial charge >= 0.3 is 0 Å². The number of amides is 1. The smallest absolute Gasteiger partial charge is 0.240 e. The molecule has 1 unspecified atom stereocenters. The van der Waals surface area contributed by atoms with Gasteiger partial charge in [0.2, 0.25) is 5.91 Å². The second kappa shape index (κ2) is 6.12. The molecule has 0 spiro atoms. The molecular formula is C16H20N4OS. The Labute approximate surface area is 134 Å². The van der Waals surface area contributed by atoms with E-state index in [0.717, 1.165) is 16.5 Å². The van der Waals surface area contributed by atoms with E-state index in [9.17, 15) is 4.79 Å². The summed E-state index contributed by atoms with van der Waals surface area (Å²) in [5.41, 5.74) is 0.995. The van der Waals surface area contributed by atoms with Crippen LogP contribution in [0.15, 0.2) is 35.5 Å². The molecule has 1 aromatic carbocycles. The number of thioether (sulfide) groups is 1. The fourth-order valence-corrected chi connectivity index (χ4v) is 3.71.